The summed E-state index contributed by atoms with van der Waals surface area (Å²) in [6.07, 6.45) is 5.87. The molecule has 3 rings (SSSR count). The summed E-state index contributed by atoms with van der Waals surface area (Å²) in [5, 5.41) is 11.6. The standard InChI is InChI=1S/C17H14N2O3S2/c1-22-14-9-11(3-6-16(14)23-2)4-8-17-18-13-10-12(19(20)21)5-7-15(13)24-17/h3-10H,1-2H3. The molecule has 0 N–H and O–H groups in total. The van der Waals surface area contributed by atoms with Gasteiger partial charge >= 0.3 is 0 Å². The van der Waals surface area contributed by atoms with Crippen LogP contribution in [0.1, 0.15) is 10.6 Å². The van der Waals surface area contributed by atoms with Gasteiger partial charge in [0.05, 0.1) is 22.2 Å². The second-order valence-corrected chi connectivity index (χ2v) is 6.82. The molecule has 0 amide bonds. The average Bonchev–Trinajstić information content (AvgIpc) is 3.01. The number of hydrogen-bond acceptors (Lipinski definition) is 6. The first-order valence-corrected chi connectivity index (χ1v) is 9.10. The fourth-order valence-electron chi connectivity index (χ4n) is 2.24. The summed E-state index contributed by atoms with van der Waals surface area (Å²) in [5.41, 5.74) is 1.71. The highest BCUT2D eigenvalue weighted by Gasteiger charge is 2.09. The maximum Gasteiger partial charge on any atom is 0.271 e. The molecule has 7 heteroatoms. The van der Waals surface area contributed by atoms with Crippen LogP contribution in [0, 0.1) is 10.1 Å². The lowest BCUT2D eigenvalue weighted by atomic mass is 10.2. The zero-order valence-electron chi connectivity index (χ0n) is 13.1. The van der Waals surface area contributed by atoms with Gasteiger partial charge < -0.3 is 4.74 Å². The largest absolute Gasteiger partial charge is 0.496 e. The Balaban J connectivity index is 1.89. The SMILES string of the molecule is COc1cc(C=Cc2nc3cc([N+](=O)[O-])ccc3s2)ccc1SC. The predicted molar refractivity (Wildman–Crippen MR) is 100.0 cm³/mol. The molecule has 0 spiro atoms. The minimum atomic E-state index is -0.409. The molecule has 2 aromatic carbocycles. The number of thioether (sulfide) groups is 1. The number of benzene rings is 2. The Labute approximate surface area is 147 Å². The fraction of sp³-hybridized carbons (Fsp3) is 0.118. The number of aromatic nitrogens is 1. The van der Waals surface area contributed by atoms with Gasteiger partial charge in [0.25, 0.3) is 5.69 Å². The normalized spacial score (nSPS) is 11.2. The number of nitro groups is 1. The fourth-order valence-corrected chi connectivity index (χ4v) is 3.64. The molecule has 0 unspecified atom stereocenters. The molecule has 0 bridgehead atoms. The van der Waals surface area contributed by atoms with E-state index in [1.165, 1.54) is 23.5 Å². The van der Waals surface area contributed by atoms with Gasteiger partial charge in [-0.15, -0.1) is 23.1 Å². The van der Waals surface area contributed by atoms with E-state index in [1.807, 2.05) is 36.6 Å². The van der Waals surface area contributed by atoms with Crippen LogP contribution in [0.2, 0.25) is 0 Å². The molecule has 3 aromatic rings. The highest BCUT2D eigenvalue weighted by Crippen LogP contribution is 2.30. The summed E-state index contributed by atoms with van der Waals surface area (Å²) < 4.78 is 6.31. The first-order chi connectivity index (χ1) is 11.6. The number of fused-ring (bicyclic) bond motifs is 1. The number of non-ortho nitro benzene ring substituents is 1. The van der Waals surface area contributed by atoms with Crippen molar-refractivity contribution in [3.05, 3.63) is 57.1 Å². The molecule has 0 fully saturated rings. The van der Waals surface area contributed by atoms with Crippen LogP contribution in [0.4, 0.5) is 5.69 Å². The van der Waals surface area contributed by atoms with Crippen molar-refractivity contribution < 1.29 is 9.66 Å². The Morgan fingerprint density at radius 3 is 2.79 bits per heavy atom. The van der Waals surface area contributed by atoms with Crippen molar-refractivity contribution in [1.29, 1.82) is 0 Å². The Bertz CT molecular complexity index is 935. The van der Waals surface area contributed by atoms with Gasteiger partial charge in [-0.2, -0.15) is 0 Å². The van der Waals surface area contributed by atoms with Crippen LogP contribution in [0.25, 0.3) is 22.4 Å². The van der Waals surface area contributed by atoms with E-state index in [0.29, 0.717) is 5.52 Å². The van der Waals surface area contributed by atoms with E-state index in [4.69, 9.17) is 4.74 Å². The topological polar surface area (TPSA) is 65.3 Å². The van der Waals surface area contributed by atoms with E-state index in [0.717, 1.165) is 25.9 Å². The summed E-state index contributed by atoms with van der Waals surface area (Å²) in [7, 11) is 1.66. The second-order valence-electron chi connectivity index (χ2n) is 4.91. The van der Waals surface area contributed by atoms with Crippen LogP contribution in [-0.4, -0.2) is 23.3 Å². The van der Waals surface area contributed by atoms with Crippen molar-refractivity contribution in [1.82, 2.24) is 4.98 Å². The van der Waals surface area contributed by atoms with Gasteiger partial charge in [-0.05, 0) is 36.1 Å². The number of nitrogens with zero attached hydrogens (tertiary/aromatic N) is 2. The van der Waals surface area contributed by atoms with Crippen LogP contribution in [0.15, 0.2) is 41.3 Å². The van der Waals surface area contributed by atoms with E-state index in [1.54, 1.807) is 24.9 Å². The van der Waals surface area contributed by atoms with Crippen LogP contribution in [-0.2, 0) is 0 Å². The Morgan fingerprint density at radius 1 is 1.25 bits per heavy atom. The molecule has 0 aliphatic rings. The molecule has 0 atom stereocenters. The van der Waals surface area contributed by atoms with Crippen molar-refractivity contribution in [2.24, 2.45) is 0 Å². The van der Waals surface area contributed by atoms with Gasteiger partial charge in [-0.25, -0.2) is 4.98 Å². The maximum absolute atomic E-state index is 10.8. The molecular weight excluding hydrogens is 344 g/mol. The van der Waals surface area contributed by atoms with Crippen molar-refractivity contribution in [2.75, 3.05) is 13.4 Å². The maximum atomic E-state index is 10.8. The number of hydrogen-bond donors (Lipinski definition) is 0. The van der Waals surface area contributed by atoms with Gasteiger partial charge in [-0.1, -0.05) is 12.1 Å². The lowest BCUT2D eigenvalue weighted by Gasteiger charge is -2.06. The predicted octanol–water partition coefficient (Wildman–Crippen LogP) is 5.11. The van der Waals surface area contributed by atoms with E-state index in [2.05, 4.69) is 4.98 Å². The third-order valence-electron chi connectivity index (χ3n) is 3.42. The van der Waals surface area contributed by atoms with E-state index in [9.17, 15) is 10.1 Å². The Morgan fingerprint density at radius 2 is 2.08 bits per heavy atom. The molecule has 1 heterocycles. The van der Waals surface area contributed by atoms with Gasteiger partial charge in [0.2, 0.25) is 0 Å². The lowest BCUT2D eigenvalue weighted by molar-refractivity contribution is -0.384. The minimum Gasteiger partial charge on any atom is -0.496 e. The van der Waals surface area contributed by atoms with E-state index in [-0.39, 0.29) is 5.69 Å². The van der Waals surface area contributed by atoms with Crippen LogP contribution < -0.4 is 4.74 Å². The zero-order chi connectivity index (χ0) is 17.1. The lowest BCUT2D eigenvalue weighted by Crippen LogP contribution is -1.86. The quantitative estimate of drug-likeness (QED) is 0.360. The molecule has 5 nitrogen and oxygen atoms in total. The molecule has 0 aliphatic carbocycles. The summed E-state index contributed by atoms with van der Waals surface area (Å²) >= 11 is 3.13. The summed E-state index contributed by atoms with van der Waals surface area (Å²) in [6, 6.07) is 10.7. The van der Waals surface area contributed by atoms with Crippen molar-refractivity contribution in [3.8, 4) is 5.75 Å². The number of rotatable bonds is 5. The molecular formula is C17H14N2O3S2. The van der Waals surface area contributed by atoms with Crippen LogP contribution in [0.5, 0.6) is 5.75 Å². The van der Waals surface area contributed by atoms with Crippen LogP contribution >= 0.6 is 23.1 Å². The third kappa shape index (κ3) is 3.42. The molecule has 0 aliphatic heterocycles. The van der Waals surface area contributed by atoms with Crippen molar-refractivity contribution in [3.63, 3.8) is 0 Å². The van der Waals surface area contributed by atoms with Crippen LogP contribution in [0.3, 0.4) is 0 Å². The van der Waals surface area contributed by atoms with E-state index >= 15 is 0 Å². The number of ether oxygens (including phenoxy) is 1. The molecule has 0 saturated carbocycles. The average molecular weight is 358 g/mol. The highest BCUT2D eigenvalue weighted by atomic mass is 32.2. The number of methoxy groups -OCH3 is 1. The van der Waals surface area contributed by atoms with Gasteiger partial charge in [0, 0.05) is 17.0 Å². The first kappa shape index (κ1) is 16.5. The van der Waals surface area contributed by atoms with Gasteiger partial charge in [-0.3, -0.25) is 10.1 Å². The number of thiazole rings is 1. The third-order valence-corrected chi connectivity index (χ3v) is 5.20. The molecule has 0 saturated heterocycles. The highest BCUT2D eigenvalue weighted by molar-refractivity contribution is 7.98. The summed E-state index contributed by atoms with van der Waals surface area (Å²) in [5.74, 6) is 0.838. The first-order valence-electron chi connectivity index (χ1n) is 7.06. The monoisotopic (exact) mass is 358 g/mol. The van der Waals surface area contributed by atoms with Gasteiger partial charge in [0.1, 0.15) is 10.8 Å². The smallest absolute Gasteiger partial charge is 0.271 e. The summed E-state index contributed by atoms with van der Waals surface area (Å²) in [4.78, 5) is 15.9. The number of nitro benzene ring substituents is 1. The van der Waals surface area contributed by atoms with E-state index < -0.39 is 4.92 Å². The Hall–Kier alpha value is -2.38. The van der Waals surface area contributed by atoms with Crippen molar-refractivity contribution >= 4 is 51.2 Å². The van der Waals surface area contributed by atoms with Crippen molar-refractivity contribution in [2.45, 2.75) is 4.90 Å². The molecule has 1 aromatic heterocycles. The molecule has 24 heavy (non-hydrogen) atoms. The summed E-state index contributed by atoms with van der Waals surface area (Å²) in [6.45, 7) is 0. The molecule has 122 valence electrons. The zero-order valence-corrected chi connectivity index (χ0v) is 14.7. The minimum absolute atomic E-state index is 0.0562. The van der Waals surface area contributed by atoms with Gasteiger partial charge in [0.15, 0.2) is 0 Å². The molecule has 0 radical (unpaired) electrons. The Kier molecular flexibility index (Phi) is 4.82. The second kappa shape index (κ2) is 7.02.